The number of nitrogens with one attached hydrogen (secondary N) is 1. The lowest BCUT2D eigenvalue weighted by atomic mass is 9.77. The Morgan fingerprint density at radius 3 is 2.61 bits per heavy atom. The van der Waals surface area contributed by atoms with E-state index in [0.717, 1.165) is 5.56 Å². The van der Waals surface area contributed by atoms with Gasteiger partial charge in [0.05, 0.1) is 38.7 Å². The number of pyridine rings is 1. The minimum atomic E-state index is -0.747. The van der Waals surface area contributed by atoms with Gasteiger partial charge in [0, 0.05) is 42.8 Å². The molecular weight excluding hydrogens is 398 g/mol. The van der Waals surface area contributed by atoms with Crippen molar-refractivity contribution in [2.75, 3.05) is 26.1 Å². The Bertz CT molecular complexity index is 1030. The molecule has 1 spiro atoms. The number of carbonyl (C=O) groups excluding carboxylic acids is 2. The molecule has 160 valence electrons. The summed E-state index contributed by atoms with van der Waals surface area (Å²) in [6.07, 6.45) is 6.84. The van der Waals surface area contributed by atoms with E-state index in [2.05, 4.69) is 10.3 Å². The van der Waals surface area contributed by atoms with Crippen LogP contribution in [0.3, 0.4) is 0 Å². The Hall–Kier alpha value is -3.39. The van der Waals surface area contributed by atoms with E-state index < -0.39 is 23.5 Å². The summed E-state index contributed by atoms with van der Waals surface area (Å²) in [6.45, 7) is 0.894. The molecule has 2 amide bonds. The molecule has 0 aliphatic carbocycles. The van der Waals surface area contributed by atoms with Crippen LogP contribution in [0.2, 0.25) is 0 Å². The minimum Gasteiger partial charge on any atom is -0.497 e. The topological polar surface area (TPSA) is 90.0 Å². The first-order valence-electron chi connectivity index (χ1n) is 10.1. The van der Waals surface area contributed by atoms with Crippen LogP contribution in [0.1, 0.15) is 5.56 Å². The summed E-state index contributed by atoms with van der Waals surface area (Å²) in [5, 5.41) is 2.92. The van der Waals surface area contributed by atoms with Crippen LogP contribution in [0.15, 0.2) is 54.9 Å². The Kier molecular flexibility index (Phi) is 4.66. The number of aromatic nitrogens is 1. The van der Waals surface area contributed by atoms with Crippen LogP contribution in [0.25, 0.3) is 0 Å². The van der Waals surface area contributed by atoms with Crippen molar-refractivity contribution in [1.82, 2.24) is 9.88 Å². The number of amides is 2. The summed E-state index contributed by atoms with van der Waals surface area (Å²) >= 11 is 0. The lowest BCUT2D eigenvalue weighted by Gasteiger charge is -2.23. The third-order valence-corrected chi connectivity index (χ3v) is 6.22. The van der Waals surface area contributed by atoms with E-state index in [0.29, 0.717) is 30.3 Å². The van der Waals surface area contributed by atoms with Crippen molar-refractivity contribution < 1.29 is 23.8 Å². The summed E-state index contributed by atoms with van der Waals surface area (Å²) < 4.78 is 16.7. The van der Waals surface area contributed by atoms with Gasteiger partial charge < -0.3 is 24.4 Å². The zero-order valence-corrected chi connectivity index (χ0v) is 17.3. The highest BCUT2D eigenvalue weighted by Crippen LogP contribution is 2.52. The number of benzene rings is 1. The van der Waals surface area contributed by atoms with Gasteiger partial charge in [0.1, 0.15) is 17.1 Å². The number of anilines is 1. The number of hydrogen-bond donors (Lipinski definition) is 1. The standard InChI is InChI=1S/C23H23N3O5/c1-29-16-9-15(10-17(11-16)30-2)25-21(27)19-18-3-6-23(31-18)13-26(22(28)20(19)23)12-14-4-7-24-8-5-14/h3-11,18-20H,12-13H2,1-2H3,(H,25,27)/t18-,19+,20+,23+/m1/s1. The number of methoxy groups -OCH3 is 2. The van der Waals surface area contributed by atoms with Gasteiger partial charge in [-0.3, -0.25) is 14.6 Å². The number of hydrogen-bond acceptors (Lipinski definition) is 6. The molecule has 3 aliphatic rings. The van der Waals surface area contributed by atoms with E-state index >= 15 is 0 Å². The first kappa shape index (κ1) is 19.6. The average molecular weight is 421 g/mol. The van der Waals surface area contributed by atoms with Gasteiger partial charge in [-0.05, 0) is 17.7 Å². The van der Waals surface area contributed by atoms with Gasteiger partial charge in [-0.2, -0.15) is 0 Å². The summed E-state index contributed by atoms with van der Waals surface area (Å²) in [7, 11) is 3.10. The molecule has 1 aromatic carbocycles. The SMILES string of the molecule is COc1cc(NC(=O)[C@@H]2[C@H]3C(=O)N(Cc4ccncc4)C[C@@]34C=C[C@H]2O4)cc(OC)c1. The highest BCUT2D eigenvalue weighted by Gasteiger charge is 2.66. The molecule has 8 nitrogen and oxygen atoms in total. The molecular formula is C23H23N3O5. The second-order valence-electron chi connectivity index (χ2n) is 8.04. The van der Waals surface area contributed by atoms with Gasteiger partial charge in [-0.1, -0.05) is 12.2 Å². The van der Waals surface area contributed by atoms with E-state index in [4.69, 9.17) is 14.2 Å². The molecule has 31 heavy (non-hydrogen) atoms. The Balaban J connectivity index is 1.38. The molecule has 1 aromatic heterocycles. The highest BCUT2D eigenvalue weighted by molar-refractivity contribution is 5.99. The number of likely N-dealkylation sites (tertiary alicyclic amines) is 1. The number of nitrogens with zero attached hydrogens (tertiary/aromatic N) is 2. The summed E-state index contributed by atoms with van der Waals surface area (Å²) in [6, 6.07) is 8.92. The average Bonchev–Trinajstić information content (AvgIpc) is 3.42. The van der Waals surface area contributed by atoms with Gasteiger partial charge in [0.25, 0.3) is 0 Å². The van der Waals surface area contributed by atoms with Crippen molar-refractivity contribution >= 4 is 17.5 Å². The van der Waals surface area contributed by atoms with Crippen LogP contribution in [-0.2, 0) is 20.9 Å². The highest BCUT2D eigenvalue weighted by atomic mass is 16.5. The third kappa shape index (κ3) is 3.23. The van der Waals surface area contributed by atoms with Gasteiger partial charge in [-0.15, -0.1) is 0 Å². The van der Waals surface area contributed by atoms with Gasteiger partial charge in [0.15, 0.2) is 0 Å². The maximum atomic E-state index is 13.3. The molecule has 0 saturated carbocycles. The van der Waals surface area contributed by atoms with Gasteiger partial charge in [-0.25, -0.2) is 0 Å². The smallest absolute Gasteiger partial charge is 0.231 e. The second-order valence-corrected chi connectivity index (χ2v) is 8.04. The molecule has 4 heterocycles. The van der Waals surface area contributed by atoms with Crippen molar-refractivity contribution in [2.45, 2.75) is 18.2 Å². The minimum absolute atomic E-state index is 0.0629. The predicted octanol–water partition coefficient (Wildman–Crippen LogP) is 2.02. The Morgan fingerprint density at radius 1 is 1.23 bits per heavy atom. The van der Waals surface area contributed by atoms with E-state index in [1.54, 1.807) is 49.7 Å². The fraction of sp³-hybridized carbons (Fsp3) is 0.348. The second kappa shape index (κ2) is 7.39. The molecule has 8 heteroatoms. The van der Waals surface area contributed by atoms with Crippen LogP contribution in [0, 0.1) is 11.8 Å². The molecule has 4 atom stereocenters. The van der Waals surface area contributed by atoms with Crippen LogP contribution in [0.4, 0.5) is 5.69 Å². The molecule has 5 rings (SSSR count). The fourth-order valence-corrected chi connectivity index (χ4v) is 4.83. The Morgan fingerprint density at radius 2 is 1.94 bits per heavy atom. The van der Waals surface area contributed by atoms with Crippen LogP contribution >= 0.6 is 0 Å². The lowest BCUT2D eigenvalue weighted by Crippen LogP contribution is -2.41. The van der Waals surface area contributed by atoms with Crippen LogP contribution < -0.4 is 14.8 Å². The largest absolute Gasteiger partial charge is 0.497 e. The van der Waals surface area contributed by atoms with Crippen molar-refractivity contribution in [3.05, 3.63) is 60.4 Å². The van der Waals surface area contributed by atoms with Crippen molar-refractivity contribution in [1.29, 1.82) is 0 Å². The summed E-state index contributed by atoms with van der Waals surface area (Å²) in [5.41, 5.74) is 0.784. The van der Waals surface area contributed by atoms with Crippen LogP contribution in [-0.4, -0.2) is 54.2 Å². The first-order chi connectivity index (χ1) is 15.0. The zero-order chi connectivity index (χ0) is 21.6. The number of ether oxygens (including phenoxy) is 3. The molecule has 2 bridgehead atoms. The summed E-state index contributed by atoms with van der Waals surface area (Å²) in [4.78, 5) is 32.4. The Labute approximate surface area is 179 Å². The fourth-order valence-electron chi connectivity index (χ4n) is 4.83. The number of carbonyl (C=O) groups is 2. The first-order valence-corrected chi connectivity index (χ1v) is 10.1. The van der Waals surface area contributed by atoms with Crippen molar-refractivity contribution in [3.63, 3.8) is 0 Å². The quantitative estimate of drug-likeness (QED) is 0.718. The summed E-state index contributed by atoms with van der Waals surface area (Å²) in [5.74, 6) is -0.331. The number of fused-ring (bicyclic) bond motifs is 1. The third-order valence-electron chi connectivity index (χ3n) is 6.22. The van der Waals surface area contributed by atoms with E-state index in [9.17, 15) is 9.59 Å². The van der Waals surface area contributed by atoms with E-state index in [1.165, 1.54) is 0 Å². The van der Waals surface area contributed by atoms with Crippen molar-refractivity contribution in [2.24, 2.45) is 11.8 Å². The van der Waals surface area contributed by atoms with Crippen LogP contribution in [0.5, 0.6) is 11.5 Å². The molecule has 2 aromatic rings. The predicted molar refractivity (Wildman–Crippen MR) is 112 cm³/mol. The lowest BCUT2D eigenvalue weighted by molar-refractivity contribution is -0.136. The molecule has 0 radical (unpaired) electrons. The molecule has 3 aliphatic heterocycles. The monoisotopic (exact) mass is 421 g/mol. The van der Waals surface area contributed by atoms with E-state index in [1.807, 2.05) is 24.3 Å². The normalized spacial score (nSPS) is 28.0. The van der Waals surface area contributed by atoms with E-state index in [-0.39, 0.29) is 11.8 Å². The van der Waals surface area contributed by atoms with Gasteiger partial charge in [0.2, 0.25) is 11.8 Å². The number of rotatable bonds is 6. The molecule has 2 saturated heterocycles. The zero-order valence-electron chi connectivity index (χ0n) is 17.3. The maximum Gasteiger partial charge on any atom is 0.231 e. The maximum absolute atomic E-state index is 13.3. The van der Waals surface area contributed by atoms with Crippen molar-refractivity contribution in [3.8, 4) is 11.5 Å². The van der Waals surface area contributed by atoms with Gasteiger partial charge >= 0.3 is 0 Å². The molecule has 2 fully saturated rings. The molecule has 0 unspecified atom stereocenters. The molecule has 1 N–H and O–H groups in total.